The Morgan fingerprint density at radius 2 is 2.10 bits per heavy atom. The van der Waals surface area contributed by atoms with Gasteiger partial charge >= 0.3 is 0 Å². The van der Waals surface area contributed by atoms with Crippen LogP contribution in [0.4, 0.5) is 4.39 Å². The lowest BCUT2D eigenvalue weighted by molar-refractivity contribution is 0.172. The Morgan fingerprint density at radius 1 is 1.38 bits per heavy atom. The summed E-state index contributed by atoms with van der Waals surface area (Å²) in [5, 5.41) is 12.4. The van der Waals surface area contributed by atoms with E-state index in [0.717, 1.165) is 38.4 Å². The third-order valence-corrected chi connectivity index (χ3v) is 4.09. The van der Waals surface area contributed by atoms with Gasteiger partial charge in [-0.2, -0.15) is 5.26 Å². The minimum absolute atomic E-state index is 0.211. The molecule has 1 aromatic carbocycles. The Hall–Kier alpha value is -1.44. The fourth-order valence-electron chi connectivity index (χ4n) is 2.76. The first-order valence-corrected chi connectivity index (χ1v) is 7.72. The topological polar surface area (TPSA) is 39.1 Å². The fourth-order valence-corrected chi connectivity index (χ4v) is 2.76. The summed E-state index contributed by atoms with van der Waals surface area (Å²) < 4.78 is 13.8. The summed E-state index contributed by atoms with van der Waals surface area (Å²) in [4.78, 5) is 2.28. The van der Waals surface area contributed by atoms with Crippen molar-refractivity contribution in [2.75, 3.05) is 19.6 Å². The van der Waals surface area contributed by atoms with Gasteiger partial charge in [-0.1, -0.05) is 13.8 Å². The van der Waals surface area contributed by atoms with Crippen molar-refractivity contribution >= 4 is 0 Å². The molecule has 114 valence electrons. The average Bonchev–Trinajstić information content (AvgIpc) is 2.48. The van der Waals surface area contributed by atoms with Gasteiger partial charge in [-0.15, -0.1) is 0 Å². The number of halogens is 1. The summed E-state index contributed by atoms with van der Waals surface area (Å²) in [5.41, 5.74) is 1.16. The molecule has 0 aromatic heterocycles. The van der Waals surface area contributed by atoms with Gasteiger partial charge < -0.3 is 5.32 Å². The number of likely N-dealkylation sites (tertiary alicyclic amines) is 1. The largest absolute Gasteiger partial charge is 0.314 e. The smallest absolute Gasteiger partial charge is 0.127 e. The van der Waals surface area contributed by atoms with Gasteiger partial charge in [-0.05, 0) is 56.6 Å². The van der Waals surface area contributed by atoms with E-state index in [2.05, 4.69) is 30.1 Å². The van der Waals surface area contributed by atoms with Crippen LogP contribution in [0, 0.1) is 23.1 Å². The van der Waals surface area contributed by atoms with E-state index >= 15 is 0 Å². The molecule has 4 heteroatoms. The first-order chi connectivity index (χ1) is 10.1. The van der Waals surface area contributed by atoms with Crippen LogP contribution in [0.5, 0.6) is 0 Å². The summed E-state index contributed by atoms with van der Waals surface area (Å²) >= 11 is 0. The second-order valence-electron chi connectivity index (χ2n) is 6.20. The molecular formula is C17H24FN3. The number of rotatable bonds is 5. The molecule has 0 aliphatic carbocycles. The van der Waals surface area contributed by atoms with Crippen LogP contribution in [0.1, 0.15) is 37.8 Å². The van der Waals surface area contributed by atoms with Crippen molar-refractivity contribution in [1.82, 2.24) is 10.2 Å². The van der Waals surface area contributed by atoms with Crippen LogP contribution in [0.25, 0.3) is 0 Å². The SMILES string of the molecule is CC(C)NCC1CCN(Cc2cc(C#N)ccc2F)CC1. The molecule has 1 N–H and O–H groups in total. The quantitative estimate of drug-likeness (QED) is 0.906. The summed E-state index contributed by atoms with van der Waals surface area (Å²) in [7, 11) is 0. The summed E-state index contributed by atoms with van der Waals surface area (Å²) in [6.45, 7) is 8.01. The highest BCUT2D eigenvalue weighted by molar-refractivity contribution is 5.33. The molecule has 3 nitrogen and oxygen atoms in total. The molecule has 0 radical (unpaired) electrons. The highest BCUT2D eigenvalue weighted by Gasteiger charge is 2.20. The van der Waals surface area contributed by atoms with Crippen LogP contribution in [-0.4, -0.2) is 30.6 Å². The fraction of sp³-hybridized carbons (Fsp3) is 0.588. The lowest BCUT2D eigenvalue weighted by Crippen LogP contribution is -2.38. The number of benzene rings is 1. The molecule has 0 amide bonds. The van der Waals surface area contributed by atoms with Gasteiger partial charge in [0.25, 0.3) is 0 Å². The molecule has 1 aliphatic heterocycles. The zero-order valence-corrected chi connectivity index (χ0v) is 12.9. The first kappa shape index (κ1) is 15.9. The third kappa shape index (κ3) is 4.80. The Kier molecular flexibility index (Phi) is 5.72. The van der Waals surface area contributed by atoms with Crippen molar-refractivity contribution in [3.8, 4) is 6.07 Å². The first-order valence-electron chi connectivity index (χ1n) is 7.72. The van der Waals surface area contributed by atoms with E-state index in [1.165, 1.54) is 12.1 Å². The normalized spacial score (nSPS) is 17.1. The van der Waals surface area contributed by atoms with Gasteiger partial charge in [0.1, 0.15) is 5.82 Å². The van der Waals surface area contributed by atoms with Gasteiger partial charge in [-0.25, -0.2) is 4.39 Å². The van der Waals surface area contributed by atoms with E-state index in [4.69, 9.17) is 5.26 Å². The Balaban J connectivity index is 1.85. The molecular weight excluding hydrogens is 265 g/mol. The van der Waals surface area contributed by atoms with Crippen molar-refractivity contribution in [2.45, 2.75) is 39.3 Å². The second kappa shape index (κ2) is 7.53. The zero-order valence-electron chi connectivity index (χ0n) is 12.9. The molecule has 0 atom stereocenters. The molecule has 1 saturated heterocycles. The van der Waals surface area contributed by atoms with E-state index in [9.17, 15) is 4.39 Å². The Labute approximate surface area is 126 Å². The van der Waals surface area contributed by atoms with E-state index in [1.54, 1.807) is 6.07 Å². The van der Waals surface area contributed by atoms with Gasteiger partial charge in [-0.3, -0.25) is 4.90 Å². The number of hydrogen-bond acceptors (Lipinski definition) is 3. The third-order valence-electron chi connectivity index (χ3n) is 4.09. The van der Waals surface area contributed by atoms with Crippen LogP contribution in [0.3, 0.4) is 0 Å². The number of nitriles is 1. The number of nitrogens with one attached hydrogen (secondary N) is 1. The molecule has 1 heterocycles. The van der Waals surface area contributed by atoms with Crippen molar-refractivity contribution in [3.63, 3.8) is 0 Å². The lowest BCUT2D eigenvalue weighted by Gasteiger charge is -2.32. The molecule has 1 aromatic rings. The highest BCUT2D eigenvalue weighted by atomic mass is 19.1. The molecule has 0 saturated carbocycles. The van der Waals surface area contributed by atoms with Gasteiger partial charge in [0.05, 0.1) is 11.6 Å². The van der Waals surface area contributed by atoms with Crippen molar-refractivity contribution < 1.29 is 4.39 Å². The summed E-state index contributed by atoms with van der Waals surface area (Å²) in [5.74, 6) is 0.511. The zero-order chi connectivity index (χ0) is 15.2. The van der Waals surface area contributed by atoms with Gasteiger partial charge in [0.2, 0.25) is 0 Å². The summed E-state index contributed by atoms with van der Waals surface area (Å²) in [6, 6.07) is 7.20. The standard InChI is InChI=1S/C17H24FN3/c1-13(2)20-11-14-5-7-21(8-6-14)12-16-9-15(10-19)3-4-17(16)18/h3-4,9,13-14,20H,5-8,11-12H2,1-2H3. The van der Waals surface area contributed by atoms with Crippen LogP contribution in [0.2, 0.25) is 0 Å². The molecule has 1 aliphatic rings. The van der Waals surface area contributed by atoms with E-state index < -0.39 is 0 Å². The minimum atomic E-state index is -0.211. The van der Waals surface area contributed by atoms with E-state index in [1.807, 2.05) is 0 Å². The molecule has 1 fully saturated rings. The minimum Gasteiger partial charge on any atom is -0.314 e. The van der Waals surface area contributed by atoms with E-state index in [0.29, 0.717) is 23.7 Å². The summed E-state index contributed by atoms with van der Waals surface area (Å²) in [6.07, 6.45) is 2.30. The average molecular weight is 289 g/mol. The maximum atomic E-state index is 13.8. The van der Waals surface area contributed by atoms with Crippen molar-refractivity contribution in [2.24, 2.45) is 5.92 Å². The van der Waals surface area contributed by atoms with Gasteiger partial charge in [0, 0.05) is 18.2 Å². The van der Waals surface area contributed by atoms with Crippen molar-refractivity contribution in [3.05, 3.63) is 35.1 Å². The number of nitrogens with zero attached hydrogens (tertiary/aromatic N) is 2. The van der Waals surface area contributed by atoms with Crippen LogP contribution in [0.15, 0.2) is 18.2 Å². The predicted octanol–water partition coefficient (Wildman–Crippen LogP) is 2.91. The highest BCUT2D eigenvalue weighted by Crippen LogP contribution is 2.20. The van der Waals surface area contributed by atoms with Crippen LogP contribution >= 0.6 is 0 Å². The second-order valence-corrected chi connectivity index (χ2v) is 6.20. The van der Waals surface area contributed by atoms with Gasteiger partial charge in [0.15, 0.2) is 0 Å². The monoisotopic (exact) mass is 289 g/mol. The maximum absolute atomic E-state index is 13.8. The van der Waals surface area contributed by atoms with E-state index in [-0.39, 0.29) is 5.82 Å². The Morgan fingerprint density at radius 3 is 2.71 bits per heavy atom. The lowest BCUT2D eigenvalue weighted by atomic mass is 9.96. The maximum Gasteiger partial charge on any atom is 0.127 e. The van der Waals surface area contributed by atoms with Crippen molar-refractivity contribution in [1.29, 1.82) is 5.26 Å². The van der Waals surface area contributed by atoms with Crippen LogP contribution < -0.4 is 5.32 Å². The number of hydrogen-bond donors (Lipinski definition) is 1. The molecule has 0 bridgehead atoms. The number of piperidine rings is 1. The molecule has 0 unspecified atom stereocenters. The Bertz CT molecular complexity index is 499. The predicted molar refractivity (Wildman–Crippen MR) is 82.3 cm³/mol. The molecule has 21 heavy (non-hydrogen) atoms. The van der Waals surface area contributed by atoms with Crippen LogP contribution in [-0.2, 0) is 6.54 Å². The molecule has 0 spiro atoms. The molecule has 2 rings (SSSR count).